The van der Waals surface area contributed by atoms with Crippen LogP contribution in [-0.2, 0) is 0 Å². The number of hydrogen-bond acceptors (Lipinski definition) is 5. The van der Waals surface area contributed by atoms with E-state index >= 15 is 0 Å². The molecule has 0 fully saturated rings. The molecule has 0 spiro atoms. The van der Waals surface area contributed by atoms with Crippen molar-refractivity contribution in [3.05, 3.63) is 58.0 Å². The summed E-state index contributed by atoms with van der Waals surface area (Å²) in [5, 5.41) is 19.9. The Kier molecular flexibility index (Phi) is 3.90. The van der Waals surface area contributed by atoms with Crippen molar-refractivity contribution in [2.75, 3.05) is 0 Å². The quantitative estimate of drug-likeness (QED) is 0.686. The van der Waals surface area contributed by atoms with Gasteiger partial charge in [-0.2, -0.15) is 0 Å². The van der Waals surface area contributed by atoms with Gasteiger partial charge in [0.05, 0.1) is 17.1 Å². The van der Waals surface area contributed by atoms with Crippen LogP contribution in [0.5, 0.6) is 11.6 Å². The summed E-state index contributed by atoms with van der Waals surface area (Å²) in [6, 6.07) is 6.13. The van der Waals surface area contributed by atoms with Crippen LogP contribution in [0, 0.1) is 15.9 Å². The number of aliphatic hydroxyl groups excluding tert-OH is 1. The fourth-order valence-electron chi connectivity index (χ4n) is 1.54. The molecule has 1 heterocycles. The van der Waals surface area contributed by atoms with E-state index < -0.39 is 16.8 Å². The molecule has 0 radical (unpaired) electrons. The van der Waals surface area contributed by atoms with Crippen LogP contribution in [0.25, 0.3) is 0 Å². The van der Waals surface area contributed by atoms with Crippen LogP contribution < -0.4 is 4.74 Å². The van der Waals surface area contributed by atoms with E-state index in [0.29, 0.717) is 5.56 Å². The van der Waals surface area contributed by atoms with Gasteiger partial charge >= 0.3 is 0 Å². The molecular formula is C13H11FN2O4. The number of pyridine rings is 1. The third-order valence-corrected chi connectivity index (χ3v) is 2.58. The molecule has 1 N–H and O–H groups in total. The normalized spacial score (nSPS) is 11.9. The number of halogens is 1. The lowest BCUT2D eigenvalue weighted by Crippen LogP contribution is -1.96. The molecule has 0 saturated heterocycles. The maximum atomic E-state index is 13.6. The lowest BCUT2D eigenvalue weighted by molar-refractivity contribution is -0.385. The van der Waals surface area contributed by atoms with Gasteiger partial charge in [-0.15, -0.1) is 0 Å². The molecule has 104 valence electrons. The van der Waals surface area contributed by atoms with E-state index in [2.05, 4.69) is 4.98 Å². The van der Waals surface area contributed by atoms with Gasteiger partial charge in [0.1, 0.15) is 0 Å². The average molecular weight is 278 g/mol. The second-order valence-electron chi connectivity index (χ2n) is 4.08. The highest BCUT2D eigenvalue weighted by molar-refractivity contribution is 5.39. The highest BCUT2D eigenvalue weighted by atomic mass is 19.1. The molecule has 1 aromatic heterocycles. The van der Waals surface area contributed by atoms with Crippen LogP contribution in [0.2, 0.25) is 0 Å². The first-order chi connectivity index (χ1) is 9.47. The van der Waals surface area contributed by atoms with E-state index in [1.54, 1.807) is 13.0 Å². The molecule has 0 saturated carbocycles. The first-order valence-corrected chi connectivity index (χ1v) is 5.73. The van der Waals surface area contributed by atoms with E-state index in [9.17, 15) is 19.6 Å². The smallest absolute Gasteiger partial charge is 0.272 e. The Hall–Kier alpha value is -2.54. The minimum Gasteiger partial charge on any atom is -0.436 e. The summed E-state index contributed by atoms with van der Waals surface area (Å²) in [6.45, 7) is 1.57. The van der Waals surface area contributed by atoms with Gasteiger partial charge in [-0.05, 0) is 24.6 Å². The number of nitro groups is 1. The van der Waals surface area contributed by atoms with Crippen LogP contribution in [0.1, 0.15) is 18.6 Å². The summed E-state index contributed by atoms with van der Waals surface area (Å²) in [4.78, 5) is 13.7. The van der Waals surface area contributed by atoms with E-state index in [4.69, 9.17) is 4.74 Å². The number of rotatable bonds is 4. The van der Waals surface area contributed by atoms with Crippen molar-refractivity contribution >= 4 is 5.69 Å². The van der Waals surface area contributed by atoms with Gasteiger partial charge in [-0.1, -0.05) is 0 Å². The topological polar surface area (TPSA) is 85.5 Å². The molecule has 1 unspecified atom stereocenters. The molecule has 6 nitrogen and oxygen atoms in total. The number of ether oxygens (including phenoxy) is 1. The average Bonchev–Trinajstić information content (AvgIpc) is 2.41. The van der Waals surface area contributed by atoms with E-state index in [1.165, 1.54) is 12.3 Å². The van der Waals surface area contributed by atoms with Gasteiger partial charge in [0, 0.05) is 18.3 Å². The first-order valence-electron chi connectivity index (χ1n) is 5.73. The Morgan fingerprint density at radius 2 is 2.15 bits per heavy atom. The van der Waals surface area contributed by atoms with Gasteiger partial charge in [0.2, 0.25) is 5.88 Å². The Labute approximate surface area is 113 Å². The second-order valence-corrected chi connectivity index (χ2v) is 4.08. The molecule has 2 rings (SSSR count). The molecule has 7 heteroatoms. The molecule has 1 aromatic carbocycles. The Morgan fingerprint density at radius 1 is 1.40 bits per heavy atom. The fraction of sp³-hybridized carbons (Fsp3) is 0.154. The SMILES string of the molecule is CC(O)c1ccnc(Oc2ccc([N+](=O)[O-])cc2F)c1. The molecule has 0 aliphatic carbocycles. The first kappa shape index (κ1) is 13.9. The van der Waals surface area contributed by atoms with E-state index in [0.717, 1.165) is 18.2 Å². The molecule has 20 heavy (non-hydrogen) atoms. The molecule has 1 atom stereocenters. The number of nitro benzene ring substituents is 1. The van der Waals surface area contributed by atoms with Gasteiger partial charge < -0.3 is 9.84 Å². The van der Waals surface area contributed by atoms with E-state index in [-0.39, 0.29) is 17.3 Å². The highest BCUT2D eigenvalue weighted by Gasteiger charge is 2.13. The van der Waals surface area contributed by atoms with Gasteiger partial charge in [-0.3, -0.25) is 10.1 Å². The zero-order valence-electron chi connectivity index (χ0n) is 10.5. The summed E-state index contributed by atoms with van der Waals surface area (Å²) < 4.78 is 18.9. The maximum Gasteiger partial charge on any atom is 0.272 e. The lowest BCUT2D eigenvalue weighted by atomic mass is 10.2. The maximum absolute atomic E-state index is 13.6. The Balaban J connectivity index is 2.26. The Bertz CT molecular complexity index is 646. The third kappa shape index (κ3) is 3.07. The van der Waals surface area contributed by atoms with Gasteiger partial charge in [0.25, 0.3) is 5.69 Å². The second kappa shape index (κ2) is 5.62. The Morgan fingerprint density at radius 3 is 2.75 bits per heavy atom. The third-order valence-electron chi connectivity index (χ3n) is 2.58. The van der Waals surface area contributed by atoms with Crippen LogP contribution in [0.15, 0.2) is 36.5 Å². The van der Waals surface area contributed by atoms with Crippen molar-refractivity contribution < 1.29 is 19.2 Å². The number of nitrogens with zero attached hydrogens (tertiary/aromatic N) is 2. The monoisotopic (exact) mass is 278 g/mol. The molecular weight excluding hydrogens is 267 g/mol. The van der Waals surface area contributed by atoms with Crippen LogP contribution >= 0.6 is 0 Å². The number of aromatic nitrogens is 1. The van der Waals surface area contributed by atoms with Crippen molar-refractivity contribution in [3.8, 4) is 11.6 Å². The lowest BCUT2D eigenvalue weighted by Gasteiger charge is -2.08. The molecule has 0 amide bonds. The highest BCUT2D eigenvalue weighted by Crippen LogP contribution is 2.27. The minimum absolute atomic E-state index is 0.0937. The summed E-state index contributed by atoms with van der Waals surface area (Å²) in [5.41, 5.74) is 0.206. The number of non-ortho nitro benzene ring substituents is 1. The van der Waals surface area contributed by atoms with Gasteiger partial charge in [-0.25, -0.2) is 9.37 Å². The molecule has 2 aromatic rings. The molecule has 0 aliphatic rings. The minimum atomic E-state index is -0.858. The molecule has 0 bridgehead atoms. The predicted octanol–water partition coefficient (Wildman–Crippen LogP) is 2.97. The molecule has 0 aliphatic heterocycles. The van der Waals surface area contributed by atoms with Crippen molar-refractivity contribution in [1.82, 2.24) is 4.98 Å². The summed E-state index contributed by atoms with van der Waals surface area (Å²) in [6.07, 6.45) is 0.711. The standard InChI is InChI=1S/C13H11FN2O4/c1-8(17)9-4-5-15-13(6-9)20-12-3-2-10(16(18)19)7-11(12)14/h2-8,17H,1H3. The van der Waals surface area contributed by atoms with E-state index in [1.807, 2.05) is 0 Å². The van der Waals surface area contributed by atoms with Crippen molar-refractivity contribution in [2.45, 2.75) is 13.0 Å². The van der Waals surface area contributed by atoms with Crippen LogP contribution in [-0.4, -0.2) is 15.0 Å². The largest absolute Gasteiger partial charge is 0.436 e. The van der Waals surface area contributed by atoms with Crippen molar-refractivity contribution in [2.24, 2.45) is 0 Å². The number of aliphatic hydroxyl groups is 1. The zero-order valence-corrected chi connectivity index (χ0v) is 10.5. The van der Waals surface area contributed by atoms with Crippen LogP contribution in [0.3, 0.4) is 0 Å². The number of hydrogen-bond donors (Lipinski definition) is 1. The zero-order chi connectivity index (χ0) is 14.7. The fourth-order valence-corrected chi connectivity index (χ4v) is 1.54. The summed E-state index contributed by atoms with van der Waals surface area (Å²) in [7, 11) is 0. The predicted molar refractivity (Wildman–Crippen MR) is 68.0 cm³/mol. The van der Waals surface area contributed by atoms with Crippen LogP contribution in [0.4, 0.5) is 10.1 Å². The van der Waals surface area contributed by atoms with Crippen molar-refractivity contribution in [1.29, 1.82) is 0 Å². The van der Waals surface area contributed by atoms with Crippen molar-refractivity contribution in [3.63, 3.8) is 0 Å². The summed E-state index contributed by atoms with van der Waals surface area (Å²) in [5.74, 6) is -0.939. The van der Waals surface area contributed by atoms with Gasteiger partial charge in [0.15, 0.2) is 11.6 Å². The summed E-state index contributed by atoms with van der Waals surface area (Å²) >= 11 is 0. The number of benzene rings is 1.